The fourth-order valence-electron chi connectivity index (χ4n) is 4.80. The highest BCUT2D eigenvalue weighted by atomic mass is 16.1. The van der Waals surface area contributed by atoms with E-state index in [0.717, 1.165) is 55.1 Å². The molecule has 0 spiro atoms. The van der Waals surface area contributed by atoms with Gasteiger partial charge in [0, 0.05) is 35.6 Å². The predicted molar refractivity (Wildman–Crippen MR) is 106 cm³/mol. The number of fused-ring (bicyclic) bond motifs is 3. The number of H-pyrrole nitrogens is 1. The fourth-order valence-corrected chi connectivity index (χ4v) is 4.80. The molecule has 140 valence electrons. The van der Waals surface area contributed by atoms with Gasteiger partial charge in [-0.3, -0.25) is 9.78 Å². The molecule has 27 heavy (non-hydrogen) atoms. The van der Waals surface area contributed by atoms with Gasteiger partial charge in [-0.1, -0.05) is 0 Å². The number of hydrogen-bond donors (Lipinski definition) is 2. The van der Waals surface area contributed by atoms with Gasteiger partial charge in [0.05, 0.1) is 11.7 Å². The van der Waals surface area contributed by atoms with Gasteiger partial charge in [0.2, 0.25) is 5.91 Å². The SMILES string of the molecule is O=C(CC1CCC(c2ccnc3cnc4[nH]ccc4c23)CC1)NC1CCC1. The molecule has 2 aliphatic carbocycles. The van der Waals surface area contributed by atoms with E-state index >= 15 is 0 Å². The smallest absolute Gasteiger partial charge is 0.220 e. The number of nitrogens with one attached hydrogen (secondary N) is 2. The number of carbonyl (C=O) groups is 1. The first kappa shape index (κ1) is 16.7. The van der Waals surface area contributed by atoms with Crippen LogP contribution < -0.4 is 5.32 Å². The standard InChI is InChI=1S/C22H26N4O/c27-20(26-16-2-1-3-16)12-14-4-6-15(7-5-14)17-8-10-23-19-13-25-22-18(21(17)19)9-11-24-22/h8-11,13-16H,1-7,12H2,(H,24,25)(H,26,27). The van der Waals surface area contributed by atoms with Crippen LogP contribution in [0.3, 0.4) is 0 Å². The van der Waals surface area contributed by atoms with Gasteiger partial charge in [-0.25, -0.2) is 4.98 Å². The van der Waals surface area contributed by atoms with Gasteiger partial charge in [-0.2, -0.15) is 0 Å². The average molecular weight is 362 g/mol. The van der Waals surface area contributed by atoms with Gasteiger partial charge in [0.25, 0.3) is 0 Å². The molecule has 5 heteroatoms. The normalized spacial score (nSPS) is 23.4. The Hall–Kier alpha value is -2.43. The van der Waals surface area contributed by atoms with Crippen LogP contribution in [0.4, 0.5) is 0 Å². The average Bonchev–Trinajstić information content (AvgIpc) is 3.14. The van der Waals surface area contributed by atoms with Crippen molar-refractivity contribution >= 4 is 27.8 Å². The van der Waals surface area contributed by atoms with E-state index in [2.05, 4.69) is 32.4 Å². The molecular weight excluding hydrogens is 336 g/mol. The van der Waals surface area contributed by atoms with Crippen LogP contribution in [0.1, 0.15) is 62.8 Å². The van der Waals surface area contributed by atoms with Crippen molar-refractivity contribution in [1.82, 2.24) is 20.3 Å². The van der Waals surface area contributed by atoms with Crippen LogP contribution >= 0.6 is 0 Å². The summed E-state index contributed by atoms with van der Waals surface area (Å²) in [6.07, 6.45) is 14.6. The van der Waals surface area contributed by atoms with E-state index in [1.165, 1.54) is 17.4 Å². The summed E-state index contributed by atoms with van der Waals surface area (Å²) in [5.74, 6) is 1.34. The molecule has 2 fully saturated rings. The molecule has 5 rings (SSSR count). The molecule has 2 saturated carbocycles. The van der Waals surface area contributed by atoms with Crippen molar-refractivity contribution in [3.05, 3.63) is 36.3 Å². The Labute approximate surface area is 159 Å². The second-order valence-corrected chi connectivity index (χ2v) is 8.28. The Balaban J connectivity index is 1.31. The summed E-state index contributed by atoms with van der Waals surface area (Å²) in [7, 11) is 0. The van der Waals surface area contributed by atoms with E-state index in [0.29, 0.717) is 24.3 Å². The zero-order valence-electron chi connectivity index (χ0n) is 15.6. The van der Waals surface area contributed by atoms with Crippen LogP contribution in [0.2, 0.25) is 0 Å². The van der Waals surface area contributed by atoms with Crippen LogP contribution in [-0.4, -0.2) is 26.9 Å². The predicted octanol–water partition coefficient (Wildman–Crippen LogP) is 4.44. The highest BCUT2D eigenvalue weighted by Crippen LogP contribution is 2.40. The molecule has 0 bridgehead atoms. The molecule has 0 aliphatic heterocycles. The van der Waals surface area contributed by atoms with Gasteiger partial charge in [-0.15, -0.1) is 0 Å². The van der Waals surface area contributed by atoms with Gasteiger partial charge in [0.1, 0.15) is 5.65 Å². The molecule has 1 amide bonds. The molecule has 0 aromatic carbocycles. The lowest BCUT2D eigenvalue weighted by Gasteiger charge is -2.31. The van der Waals surface area contributed by atoms with Gasteiger partial charge >= 0.3 is 0 Å². The Kier molecular flexibility index (Phi) is 4.30. The highest BCUT2D eigenvalue weighted by molar-refractivity contribution is 6.05. The number of aromatic amines is 1. The molecule has 2 aliphatic rings. The zero-order chi connectivity index (χ0) is 18.2. The van der Waals surface area contributed by atoms with E-state index in [-0.39, 0.29) is 5.91 Å². The first-order valence-electron chi connectivity index (χ1n) is 10.3. The topological polar surface area (TPSA) is 70.7 Å². The van der Waals surface area contributed by atoms with E-state index < -0.39 is 0 Å². The lowest BCUT2D eigenvalue weighted by atomic mass is 9.76. The first-order chi connectivity index (χ1) is 13.3. The fraction of sp³-hybridized carbons (Fsp3) is 0.500. The van der Waals surface area contributed by atoms with Crippen LogP contribution in [0.5, 0.6) is 0 Å². The molecule has 5 nitrogen and oxygen atoms in total. The van der Waals surface area contributed by atoms with Crippen molar-refractivity contribution in [1.29, 1.82) is 0 Å². The van der Waals surface area contributed by atoms with Crippen LogP contribution in [0.25, 0.3) is 21.9 Å². The van der Waals surface area contributed by atoms with Gasteiger partial charge < -0.3 is 10.3 Å². The van der Waals surface area contributed by atoms with Crippen LogP contribution in [-0.2, 0) is 4.79 Å². The summed E-state index contributed by atoms with van der Waals surface area (Å²) >= 11 is 0. The van der Waals surface area contributed by atoms with Crippen molar-refractivity contribution in [2.75, 3.05) is 0 Å². The highest BCUT2D eigenvalue weighted by Gasteiger charge is 2.27. The number of aromatic nitrogens is 3. The summed E-state index contributed by atoms with van der Waals surface area (Å²) in [6, 6.07) is 4.74. The molecule has 3 aromatic rings. The van der Waals surface area contributed by atoms with E-state index in [9.17, 15) is 4.79 Å². The Morgan fingerprint density at radius 1 is 1.11 bits per heavy atom. The van der Waals surface area contributed by atoms with E-state index in [1.807, 2.05) is 18.6 Å². The minimum absolute atomic E-state index is 0.262. The summed E-state index contributed by atoms with van der Waals surface area (Å²) in [5, 5.41) is 5.60. The summed E-state index contributed by atoms with van der Waals surface area (Å²) in [5.41, 5.74) is 3.30. The maximum atomic E-state index is 12.2. The summed E-state index contributed by atoms with van der Waals surface area (Å²) < 4.78 is 0. The largest absolute Gasteiger partial charge is 0.353 e. The van der Waals surface area contributed by atoms with Gasteiger partial charge in [0.15, 0.2) is 0 Å². The first-order valence-corrected chi connectivity index (χ1v) is 10.3. The second kappa shape index (κ2) is 6.95. The zero-order valence-corrected chi connectivity index (χ0v) is 15.6. The minimum atomic E-state index is 0.262. The third-order valence-electron chi connectivity index (χ3n) is 6.55. The molecule has 3 aromatic heterocycles. The monoisotopic (exact) mass is 362 g/mol. The van der Waals surface area contributed by atoms with E-state index in [1.54, 1.807) is 0 Å². The summed E-state index contributed by atoms with van der Waals surface area (Å²) in [4.78, 5) is 24.4. The van der Waals surface area contributed by atoms with Crippen molar-refractivity contribution in [2.45, 2.75) is 63.3 Å². The number of carbonyl (C=O) groups excluding carboxylic acids is 1. The number of pyridine rings is 2. The Morgan fingerprint density at radius 2 is 1.96 bits per heavy atom. The molecular formula is C22H26N4O. The number of amides is 1. The lowest BCUT2D eigenvalue weighted by Crippen LogP contribution is -2.40. The third-order valence-corrected chi connectivity index (χ3v) is 6.55. The van der Waals surface area contributed by atoms with Gasteiger partial charge in [-0.05, 0) is 74.5 Å². The van der Waals surface area contributed by atoms with Crippen molar-refractivity contribution in [3.8, 4) is 0 Å². The molecule has 0 unspecified atom stereocenters. The Morgan fingerprint density at radius 3 is 2.74 bits per heavy atom. The maximum absolute atomic E-state index is 12.2. The van der Waals surface area contributed by atoms with Crippen LogP contribution in [0.15, 0.2) is 30.7 Å². The minimum Gasteiger partial charge on any atom is -0.353 e. The second-order valence-electron chi connectivity index (χ2n) is 8.28. The third kappa shape index (κ3) is 3.20. The van der Waals surface area contributed by atoms with Crippen molar-refractivity contribution in [2.24, 2.45) is 5.92 Å². The number of hydrogen-bond acceptors (Lipinski definition) is 3. The van der Waals surface area contributed by atoms with Crippen molar-refractivity contribution < 1.29 is 4.79 Å². The maximum Gasteiger partial charge on any atom is 0.220 e. The Bertz CT molecular complexity index is 967. The number of nitrogens with zero attached hydrogens (tertiary/aromatic N) is 2. The molecule has 0 atom stereocenters. The lowest BCUT2D eigenvalue weighted by molar-refractivity contribution is -0.123. The molecule has 2 N–H and O–H groups in total. The molecule has 0 radical (unpaired) electrons. The van der Waals surface area contributed by atoms with E-state index in [4.69, 9.17) is 0 Å². The van der Waals surface area contributed by atoms with Crippen molar-refractivity contribution in [3.63, 3.8) is 0 Å². The summed E-state index contributed by atoms with van der Waals surface area (Å²) in [6.45, 7) is 0. The number of rotatable bonds is 4. The van der Waals surface area contributed by atoms with Crippen LogP contribution in [0, 0.1) is 5.92 Å². The molecule has 3 heterocycles. The quantitative estimate of drug-likeness (QED) is 0.720. The molecule has 0 saturated heterocycles.